The normalized spacial score (nSPS) is 11.2. The van der Waals surface area contributed by atoms with Crippen LogP contribution in [-0.4, -0.2) is 42.2 Å². The van der Waals surface area contributed by atoms with Gasteiger partial charge in [-0.25, -0.2) is 17.9 Å². The number of rotatable bonds is 6. The average Bonchev–Trinajstić information content (AvgIpc) is 3.11. The largest absolute Gasteiger partial charge is 0.496 e. The summed E-state index contributed by atoms with van der Waals surface area (Å²) in [4.78, 5) is 6.26. The van der Waals surface area contributed by atoms with Crippen LogP contribution in [0.2, 0.25) is 0 Å². The Balaban J connectivity index is 1.97. The van der Waals surface area contributed by atoms with Gasteiger partial charge in [-0.05, 0) is 24.5 Å². The molecule has 32 heavy (non-hydrogen) atoms. The summed E-state index contributed by atoms with van der Waals surface area (Å²) < 4.78 is 49.6. The molecular weight excluding hydrogens is 437 g/mol. The topological polar surface area (TPSA) is 43.2 Å². The molecule has 0 aliphatic carbocycles. The van der Waals surface area contributed by atoms with Crippen LogP contribution in [0.3, 0.4) is 0 Å². The van der Waals surface area contributed by atoms with Crippen LogP contribution in [0, 0.1) is 17.5 Å². The van der Waals surface area contributed by atoms with E-state index in [9.17, 15) is 13.2 Å². The number of fused-ring (bicyclic) bond motifs is 1. The molecule has 9 heteroatoms. The van der Waals surface area contributed by atoms with Crippen LogP contribution in [-0.2, 0) is 6.42 Å². The molecule has 0 radical (unpaired) electrons. The van der Waals surface area contributed by atoms with E-state index in [1.54, 1.807) is 32.3 Å². The number of benzene rings is 2. The number of halogens is 3. The van der Waals surface area contributed by atoms with E-state index in [1.807, 2.05) is 30.5 Å². The first-order valence-electron chi connectivity index (χ1n) is 9.74. The van der Waals surface area contributed by atoms with Crippen molar-refractivity contribution in [2.75, 3.05) is 32.4 Å². The first-order valence-corrected chi connectivity index (χ1v) is 11.0. The molecule has 0 saturated heterocycles. The fourth-order valence-corrected chi connectivity index (χ4v) is 4.39. The molecule has 0 unspecified atom stereocenters. The lowest BCUT2D eigenvalue weighted by Gasteiger charge is -2.19. The van der Waals surface area contributed by atoms with Crippen LogP contribution in [0.1, 0.15) is 11.1 Å². The molecule has 5 nitrogen and oxygen atoms in total. The summed E-state index contributed by atoms with van der Waals surface area (Å²) in [6.07, 6.45) is 3.91. The van der Waals surface area contributed by atoms with E-state index >= 15 is 0 Å². The Bertz CT molecular complexity index is 1280. The number of anilines is 1. The highest BCUT2D eigenvalue weighted by Gasteiger charge is 2.26. The average molecular weight is 459 g/mol. The van der Waals surface area contributed by atoms with Gasteiger partial charge < -0.3 is 9.64 Å². The smallest absolute Gasteiger partial charge is 0.154 e. The van der Waals surface area contributed by atoms with Crippen molar-refractivity contribution in [1.29, 1.82) is 0 Å². The Labute approximate surface area is 187 Å². The summed E-state index contributed by atoms with van der Waals surface area (Å²) in [6, 6.07) is 8.91. The van der Waals surface area contributed by atoms with E-state index in [0.717, 1.165) is 22.0 Å². The lowest BCUT2D eigenvalue weighted by atomic mass is 10.0. The molecule has 2 aromatic carbocycles. The van der Waals surface area contributed by atoms with Crippen molar-refractivity contribution in [3.63, 3.8) is 0 Å². The summed E-state index contributed by atoms with van der Waals surface area (Å²) in [5, 5.41) is 6.01. The highest BCUT2D eigenvalue weighted by molar-refractivity contribution is 7.98. The monoisotopic (exact) mass is 458 g/mol. The minimum atomic E-state index is -1.03. The molecule has 4 rings (SSSR count). The predicted octanol–water partition coefficient (Wildman–Crippen LogP) is 5.23. The van der Waals surface area contributed by atoms with Crippen LogP contribution in [0.25, 0.3) is 16.6 Å². The first-order chi connectivity index (χ1) is 15.3. The SMILES string of the molecule is COc1ccc2cccnc2c1Cc1c(SC)nn(-c2c(F)cc(F)cc2F)c1N(C)C. The summed E-state index contributed by atoms with van der Waals surface area (Å²) in [6.45, 7) is 0. The Hall–Kier alpha value is -3.20. The lowest BCUT2D eigenvalue weighted by Crippen LogP contribution is -2.17. The minimum Gasteiger partial charge on any atom is -0.496 e. The van der Waals surface area contributed by atoms with Gasteiger partial charge in [-0.1, -0.05) is 6.07 Å². The van der Waals surface area contributed by atoms with E-state index in [1.165, 1.54) is 16.4 Å². The zero-order chi connectivity index (χ0) is 23.0. The van der Waals surface area contributed by atoms with Crippen molar-refractivity contribution in [3.05, 3.63) is 71.2 Å². The van der Waals surface area contributed by atoms with E-state index < -0.39 is 23.1 Å². The molecule has 0 atom stereocenters. The molecule has 0 saturated carbocycles. The number of ether oxygens (including phenoxy) is 1. The third-order valence-electron chi connectivity index (χ3n) is 5.14. The molecule has 166 valence electrons. The maximum absolute atomic E-state index is 14.6. The van der Waals surface area contributed by atoms with Gasteiger partial charge in [0.25, 0.3) is 0 Å². The van der Waals surface area contributed by atoms with Crippen molar-refractivity contribution in [2.45, 2.75) is 11.4 Å². The Morgan fingerprint density at radius 2 is 1.78 bits per heavy atom. The highest BCUT2D eigenvalue weighted by atomic mass is 32.2. The zero-order valence-electron chi connectivity index (χ0n) is 18.0. The molecule has 4 aromatic rings. The van der Waals surface area contributed by atoms with E-state index in [2.05, 4.69) is 10.1 Å². The maximum atomic E-state index is 14.6. The van der Waals surface area contributed by atoms with Crippen molar-refractivity contribution in [2.24, 2.45) is 0 Å². The second-order valence-electron chi connectivity index (χ2n) is 7.33. The van der Waals surface area contributed by atoms with Crippen molar-refractivity contribution in [1.82, 2.24) is 14.8 Å². The number of nitrogens with zero attached hydrogens (tertiary/aromatic N) is 4. The van der Waals surface area contributed by atoms with E-state index in [-0.39, 0.29) is 0 Å². The lowest BCUT2D eigenvalue weighted by molar-refractivity contribution is 0.411. The zero-order valence-corrected chi connectivity index (χ0v) is 18.8. The van der Waals surface area contributed by atoms with Gasteiger partial charge in [-0.3, -0.25) is 4.98 Å². The van der Waals surface area contributed by atoms with Crippen molar-refractivity contribution < 1.29 is 17.9 Å². The molecule has 0 N–H and O–H groups in total. The van der Waals surface area contributed by atoms with Crippen LogP contribution >= 0.6 is 11.8 Å². The predicted molar refractivity (Wildman–Crippen MR) is 121 cm³/mol. The number of hydrogen-bond donors (Lipinski definition) is 0. The van der Waals surface area contributed by atoms with Gasteiger partial charge in [-0.2, -0.15) is 5.10 Å². The summed E-state index contributed by atoms with van der Waals surface area (Å²) in [7, 11) is 5.11. The fourth-order valence-electron chi connectivity index (χ4n) is 3.82. The summed E-state index contributed by atoms with van der Waals surface area (Å²) in [5.41, 5.74) is 1.93. The van der Waals surface area contributed by atoms with Crippen molar-refractivity contribution >= 4 is 28.5 Å². The molecule has 0 aliphatic heterocycles. The molecule has 0 fully saturated rings. The number of thioether (sulfide) groups is 1. The Morgan fingerprint density at radius 3 is 2.41 bits per heavy atom. The van der Waals surface area contributed by atoms with Crippen molar-refractivity contribution in [3.8, 4) is 11.4 Å². The Morgan fingerprint density at radius 1 is 1.06 bits per heavy atom. The quantitative estimate of drug-likeness (QED) is 0.371. The maximum Gasteiger partial charge on any atom is 0.154 e. The number of aromatic nitrogens is 3. The molecular formula is C23H21F3N4OS. The second kappa shape index (κ2) is 8.74. The molecule has 0 aliphatic rings. The first kappa shape index (κ1) is 22.0. The van der Waals surface area contributed by atoms with Gasteiger partial charge in [0.05, 0.1) is 12.6 Å². The van der Waals surface area contributed by atoms with Gasteiger partial charge >= 0.3 is 0 Å². The standard InChI is InChI=1S/C23H21F3N4OS/c1-29(2)23-16(12-15-19(31-3)8-7-13-6-5-9-27-20(13)15)22(32-4)28-30(23)21-17(25)10-14(24)11-18(21)26/h5-11H,12H2,1-4H3. The Kier molecular flexibility index (Phi) is 6.01. The van der Waals surface area contributed by atoms with Crippen LogP contribution < -0.4 is 9.64 Å². The highest BCUT2D eigenvalue weighted by Crippen LogP contribution is 2.37. The summed E-state index contributed by atoms with van der Waals surface area (Å²) >= 11 is 1.36. The minimum absolute atomic E-state index is 0.367. The molecule has 0 bridgehead atoms. The van der Waals surface area contributed by atoms with Crippen LogP contribution in [0.15, 0.2) is 47.6 Å². The van der Waals surface area contributed by atoms with Crippen LogP contribution in [0.5, 0.6) is 5.75 Å². The van der Waals surface area contributed by atoms with Gasteiger partial charge in [0.1, 0.15) is 28.1 Å². The van der Waals surface area contributed by atoms with Gasteiger partial charge in [-0.15, -0.1) is 11.8 Å². The van der Waals surface area contributed by atoms with Gasteiger partial charge in [0.2, 0.25) is 0 Å². The van der Waals surface area contributed by atoms with Gasteiger partial charge in [0, 0.05) is 55.4 Å². The van der Waals surface area contributed by atoms with Gasteiger partial charge in [0.15, 0.2) is 11.6 Å². The molecule has 2 heterocycles. The molecule has 0 amide bonds. The molecule has 2 aromatic heterocycles. The number of methoxy groups -OCH3 is 1. The third kappa shape index (κ3) is 3.77. The van der Waals surface area contributed by atoms with E-state index in [4.69, 9.17) is 4.74 Å². The molecule has 0 spiro atoms. The third-order valence-corrected chi connectivity index (χ3v) is 5.85. The number of hydrogen-bond acceptors (Lipinski definition) is 5. The summed E-state index contributed by atoms with van der Waals surface area (Å²) in [5.74, 6) is -1.92. The second-order valence-corrected chi connectivity index (χ2v) is 8.13. The van der Waals surface area contributed by atoms with Crippen LogP contribution in [0.4, 0.5) is 19.0 Å². The fraction of sp³-hybridized carbons (Fsp3) is 0.217. The van der Waals surface area contributed by atoms with E-state index in [0.29, 0.717) is 35.1 Å². The number of pyridine rings is 1.